The molecule has 0 radical (unpaired) electrons. The van der Waals surface area contributed by atoms with Gasteiger partial charge in [0.1, 0.15) is 5.82 Å². The van der Waals surface area contributed by atoms with E-state index in [1.54, 1.807) is 0 Å². The molecule has 0 spiro atoms. The second-order valence-electron chi connectivity index (χ2n) is 7.73. The van der Waals surface area contributed by atoms with Gasteiger partial charge in [-0.05, 0) is 56.8 Å². The van der Waals surface area contributed by atoms with E-state index in [1.807, 2.05) is 31.4 Å². The molecule has 27 heavy (non-hydrogen) atoms. The van der Waals surface area contributed by atoms with E-state index in [1.165, 1.54) is 38.9 Å². The van der Waals surface area contributed by atoms with Crippen molar-refractivity contribution >= 4 is 11.6 Å². The van der Waals surface area contributed by atoms with E-state index in [0.29, 0.717) is 0 Å². The summed E-state index contributed by atoms with van der Waals surface area (Å²) in [5.74, 6) is 2.85. The summed E-state index contributed by atoms with van der Waals surface area (Å²) in [6.45, 7) is 6.99. The smallest absolute Gasteiger partial charge is 0.193 e. The third-order valence-corrected chi connectivity index (χ3v) is 5.76. The lowest BCUT2D eigenvalue weighted by molar-refractivity contribution is 0.281. The Bertz CT molecular complexity index is 763. The highest BCUT2D eigenvalue weighted by Gasteiger charge is 2.27. The molecule has 2 fully saturated rings. The Balaban J connectivity index is 1.21. The SMILES string of the molecule is CN=C(NCCCc1nnc2ccccn12)N1CCC(CN2CCCC2)C1. The fourth-order valence-corrected chi connectivity index (χ4v) is 4.34. The van der Waals surface area contributed by atoms with Crippen molar-refractivity contribution in [3.05, 3.63) is 30.2 Å². The van der Waals surface area contributed by atoms with Crippen molar-refractivity contribution in [2.75, 3.05) is 46.3 Å². The van der Waals surface area contributed by atoms with Gasteiger partial charge >= 0.3 is 0 Å². The Labute approximate surface area is 161 Å². The van der Waals surface area contributed by atoms with Crippen molar-refractivity contribution in [2.45, 2.75) is 32.1 Å². The zero-order valence-corrected chi connectivity index (χ0v) is 16.3. The number of hydrogen-bond acceptors (Lipinski definition) is 4. The summed E-state index contributed by atoms with van der Waals surface area (Å²) < 4.78 is 2.07. The number of nitrogens with one attached hydrogen (secondary N) is 1. The molecule has 0 aliphatic carbocycles. The van der Waals surface area contributed by atoms with Gasteiger partial charge < -0.3 is 15.1 Å². The molecule has 1 unspecified atom stereocenters. The lowest BCUT2D eigenvalue weighted by Crippen LogP contribution is -2.41. The van der Waals surface area contributed by atoms with Crippen LogP contribution in [0.25, 0.3) is 5.65 Å². The minimum absolute atomic E-state index is 0.781. The second kappa shape index (κ2) is 8.69. The van der Waals surface area contributed by atoms with Crippen LogP contribution in [-0.2, 0) is 6.42 Å². The summed E-state index contributed by atoms with van der Waals surface area (Å²) in [7, 11) is 1.89. The summed E-state index contributed by atoms with van der Waals surface area (Å²) in [6, 6.07) is 6.00. The van der Waals surface area contributed by atoms with Crippen LogP contribution in [0.3, 0.4) is 0 Å². The molecule has 4 heterocycles. The minimum atomic E-state index is 0.781. The van der Waals surface area contributed by atoms with Crippen LogP contribution < -0.4 is 5.32 Å². The maximum Gasteiger partial charge on any atom is 0.193 e. The summed E-state index contributed by atoms with van der Waals surface area (Å²) in [6.07, 6.45) is 7.99. The van der Waals surface area contributed by atoms with Gasteiger partial charge in [0.05, 0.1) is 0 Å². The van der Waals surface area contributed by atoms with Gasteiger partial charge in [-0.15, -0.1) is 10.2 Å². The summed E-state index contributed by atoms with van der Waals surface area (Å²) >= 11 is 0. The number of aliphatic imine (C=N–C) groups is 1. The Morgan fingerprint density at radius 3 is 2.96 bits per heavy atom. The highest BCUT2D eigenvalue weighted by Crippen LogP contribution is 2.20. The highest BCUT2D eigenvalue weighted by molar-refractivity contribution is 5.80. The van der Waals surface area contributed by atoms with Crippen molar-refractivity contribution in [1.82, 2.24) is 29.7 Å². The van der Waals surface area contributed by atoms with Crippen molar-refractivity contribution in [1.29, 1.82) is 0 Å². The number of likely N-dealkylation sites (tertiary alicyclic amines) is 2. The number of hydrogen-bond donors (Lipinski definition) is 1. The number of rotatable bonds is 6. The molecule has 7 nitrogen and oxygen atoms in total. The van der Waals surface area contributed by atoms with Gasteiger partial charge in [-0.25, -0.2) is 0 Å². The van der Waals surface area contributed by atoms with Crippen molar-refractivity contribution in [3.8, 4) is 0 Å². The molecule has 146 valence electrons. The molecule has 2 aliphatic heterocycles. The summed E-state index contributed by atoms with van der Waals surface area (Å²) in [4.78, 5) is 9.56. The number of guanidine groups is 1. The second-order valence-corrected chi connectivity index (χ2v) is 7.73. The van der Waals surface area contributed by atoms with Crippen molar-refractivity contribution < 1.29 is 0 Å². The van der Waals surface area contributed by atoms with Gasteiger partial charge in [0.15, 0.2) is 11.6 Å². The van der Waals surface area contributed by atoms with Gasteiger partial charge in [0, 0.05) is 45.8 Å². The lowest BCUT2D eigenvalue weighted by atomic mass is 10.1. The van der Waals surface area contributed by atoms with Crippen LogP contribution in [0.4, 0.5) is 0 Å². The Hall–Kier alpha value is -2.15. The first-order chi connectivity index (χ1) is 13.3. The maximum atomic E-state index is 4.51. The monoisotopic (exact) mass is 369 g/mol. The van der Waals surface area contributed by atoms with E-state index in [2.05, 4.69) is 34.7 Å². The maximum absolute atomic E-state index is 4.51. The van der Waals surface area contributed by atoms with E-state index in [4.69, 9.17) is 0 Å². The van der Waals surface area contributed by atoms with Crippen LogP contribution in [0, 0.1) is 5.92 Å². The predicted molar refractivity (Wildman–Crippen MR) is 108 cm³/mol. The highest BCUT2D eigenvalue weighted by atomic mass is 15.3. The van der Waals surface area contributed by atoms with E-state index >= 15 is 0 Å². The molecule has 2 saturated heterocycles. The number of aromatic nitrogens is 3. The first kappa shape index (κ1) is 18.2. The van der Waals surface area contributed by atoms with Crippen LogP contribution in [0.2, 0.25) is 0 Å². The molecule has 2 aliphatic rings. The average molecular weight is 370 g/mol. The van der Waals surface area contributed by atoms with Gasteiger partial charge in [-0.3, -0.25) is 9.39 Å². The van der Waals surface area contributed by atoms with Crippen LogP contribution in [-0.4, -0.2) is 76.7 Å². The number of aryl methyl sites for hydroxylation is 1. The van der Waals surface area contributed by atoms with Crippen molar-refractivity contribution in [2.24, 2.45) is 10.9 Å². The zero-order chi connectivity index (χ0) is 18.5. The molecule has 1 atom stereocenters. The van der Waals surface area contributed by atoms with Crippen molar-refractivity contribution in [3.63, 3.8) is 0 Å². The van der Waals surface area contributed by atoms with E-state index in [-0.39, 0.29) is 0 Å². The number of nitrogens with zero attached hydrogens (tertiary/aromatic N) is 6. The van der Waals surface area contributed by atoms with E-state index in [0.717, 1.165) is 55.8 Å². The van der Waals surface area contributed by atoms with Gasteiger partial charge in [0.2, 0.25) is 0 Å². The molecule has 4 rings (SSSR count). The van der Waals surface area contributed by atoms with Crippen LogP contribution >= 0.6 is 0 Å². The molecule has 2 aromatic heterocycles. The fourth-order valence-electron chi connectivity index (χ4n) is 4.34. The number of pyridine rings is 1. The van der Waals surface area contributed by atoms with Gasteiger partial charge in [0.25, 0.3) is 0 Å². The topological polar surface area (TPSA) is 61.1 Å². The summed E-state index contributed by atoms with van der Waals surface area (Å²) in [5.41, 5.74) is 0.914. The molecule has 1 N–H and O–H groups in total. The average Bonchev–Trinajstić information content (AvgIpc) is 3.44. The Kier molecular flexibility index (Phi) is 5.87. The predicted octanol–water partition coefficient (Wildman–Crippen LogP) is 1.65. The number of fused-ring (bicyclic) bond motifs is 1. The quantitative estimate of drug-likeness (QED) is 0.477. The standard InChI is InChI=1S/C20H31N7/c1-21-20(26-14-9-17(16-26)15-25-11-4-5-12-25)22-10-6-8-19-24-23-18-7-2-3-13-27(18)19/h2-3,7,13,17H,4-6,8-12,14-16H2,1H3,(H,21,22). The Morgan fingerprint density at radius 2 is 2.11 bits per heavy atom. The molecular weight excluding hydrogens is 338 g/mol. The lowest BCUT2D eigenvalue weighted by Gasteiger charge is -2.23. The first-order valence-electron chi connectivity index (χ1n) is 10.3. The van der Waals surface area contributed by atoms with Crippen LogP contribution in [0.1, 0.15) is 31.5 Å². The molecule has 7 heteroatoms. The van der Waals surface area contributed by atoms with E-state index < -0.39 is 0 Å². The third kappa shape index (κ3) is 4.40. The molecule has 0 aromatic carbocycles. The molecular formula is C20H31N7. The normalized spacial score (nSPS) is 21.4. The molecule has 2 aromatic rings. The van der Waals surface area contributed by atoms with E-state index in [9.17, 15) is 0 Å². The van der Waals surface area contributed by atoms with Crippen LogP contribution in [0.15, 0.2) is 29.4 Å². The Morgan fingerprint density at radius 1 is 1.22 bits per heavy atom. The molecule has 0 amide bonds. The first-order valence-corrected chi connectivity index (χ1v) is 10.3. The zero-order valence-electron chi connectivity index (χ0n) is 16.3. The fraction of sp³-hybridized carbons (Fsp3) is 0.650. The van der Waals surface area contributed by atoms with Gasteiger partial charge in [-0.1, -0.05) is 6.07 Å². The minimum Gasteiger partial charge on any atom is -0.356 e. The largest absolute Gasteiger partial charge is 0.356 e. The van der Waals surface area contributed by atoms with Crippen LogP contribution in [0.5, 0.6) is 0 Å². The molecule has 0 bridgehead atoms. The molecule has 0 saturated carbocycles. The van der Waals surface area contributed by atoms with Gasteiger partial charge in [-0.2, -0.15) is 0 Å². The third-order valence-electron chi connectivity index (χ3n) is 5.76. The summed E-state index contributed by atoms with van der Waals surface area (Å²) in [5, 5.41) is 12.1.